The minimum Gasteiger partial charge on any atom is -0.391 e. The molecular formula is C11H22N2O2. The highest BCUT2D eigenvalue weighted by Gasteiger charge is 2.28. The number of carbonyl (C=O) groups is 1. The van der Waals surface area contributed by atoms with Gasteiger partial charge in [-0.3, -0.25) is 4.79 Å². The highest BCUT2D eigenvalue weighted by molar-refractivity contribution is 5.82. The van der Waals surface area contributed by atoms with E-state index in [4.69, 9.17) is 5.73 Å². The van der Waals surface area contributed by atoms with Crippen molar-refractivity contribution in [3.05, 3.63) is 0 Å². The maximum absolute atomic E-state index is 11.9. The molecule has 1 aliphatic heterocycles. The highest BCUT2D eigenvalue weighted by atomic mass is 16.3. The molecule has 0 aromatic rings. The number of β-amino-alcohol motifs (C(OH)–C–C–N with tert-alkyl or cyclic N) is 1. The number of likely N-dealkylation sites (tertiary alicyclic amines) is 1. The number of aliphatic hydroxyl groups is 1. The van der Waals surface area contributed by atoms with Gasteiger partial charge in [-0.2, -0.15) is 0 Å². The van der Waals surface area contributed by atoms with Gasteiger partial charge >= 0.3 is 0 Å². The first-order valence-electron chi connectivity index (χ1n) is 5.78. The summed E-state index contributed by atoms with van der Waals surface area (Å²) in [5.41, 5.74) is 5.87. The third kappa shape index (κ3) is 3.18. The van der Waals surface area contributed by atoms with Crippen LogP contribution >= 0.6 is 0 Å². The van der Waals surface area contributed by atoms with Crippen molar-refractivity contribution in [1.29, 1.82) is 0 Å². The molecule has 1 amide bonds. The second kappa shape index (κ2) is 5.47. The minimum atomic E-state index is -0.416. The Morgan fingerprint density at radius 3 is 2.87 bits per heavy atom. The van der Waals surface area contributed by atoms with Crippen LogP contribution in [0.3, 0.4) is 0 Å². The number of rotatable bonds is 3. The number of carbonyl (C=O) groups excluding carboxylic acids is 1. The molecule has 4 nitrogen and oxygen atoms in total. The van der Waals surface area contributed by atoms with Gasteiger partial charge in [0.15, 0.2) is 0 Å². The highest BCUT2D eigenvalue weighted by Crippen LogP contribution is 2.14. The fourth-order valence-corrected chi connectivity index (χ4v) is 1.86. The molecule has 0 bridgehead atoms. The third-order valence-corrected chi connectivity index (χ3v) is 3.25. The van der Waals surface area contributed by atoms with Crippen LogP contribution in [0.25, 0.3) is 0 Å². The summed E-state index contributed by atoms with van der Waals surface area (Å²) in [6.45, 7) is 5.20. The first-order chi connectivity index (χ1) is 7.06. The van der Waals surface area contributed by atoms with Crippen LogP contribution in [0.1, 0.15) is 33.1 Å². The van der Waals surface area contributed by atoms with Gasteiger partial charge in [0.05, 0.1) is 12.1 Å². The van der Waals surface area contributed by atoms with Crippen LogP contribution in [0.15, 0.2) is 0 Å². The van der Waals surface area contributed by atoms with Crippen molar-refractivity contribution in [1.82, 2.24) is 4.90 Å². The lowest BCUT2D eigenvalue weighted by molar-refractivity contribution is -0.136. The Morgan fingerprint density at radius 1 is 1.67 bits per heavy atom. The zero-order valence-corrected chi connectivity index (χ0v) is 9.65. The molecule has 1 heterocycles. The average molecular weight is 214 g/mol. The van der Waals surface area contributed by atoms with Crippen molar-refractivity contribution in [3.63, 3.8) is 0 Å². The molecule has 1 rings (SSSR count). The van der Waals surface area contributed by atoms with Crippen LogP contribution in [0, 0.1) is 5.92 Å². The van der Waals surface area contributed by atoms with E-state index < -0.39 is 6.04 Å². The molecule has 0 saturated carbocycles. The van der Waals surface area contributed by atoms with Crippen LogP contribution in [0.2, 0.25) is 0 Å². The maximum Gasteiger partial charge on any atom is 0.239 e. The fourth-order valence-electron chi connectivity index (χ4n) is 1.86. The normalized spacial score (nSPS) is 26.1. The number of hydrogen-bond donors (Lipinski definition) is 2. The van der Waals surface area contributed by atoms with Gasteiger partial charge in [-0.15, -0.1) is 0 Å². The van der Waals surface area contributed by atoms with Crippen molar-refractivity contribution in [2.24, 2.45) is 11.7 Å². The summed E-state index contributed by atoms with van der Waals surface area (Å²) in [5, 5.41) is 9.47. The number of nitrogens with zero attached hydrogens (tertiary/aromatic N) is 1. The Labute approximate surface area is 91.4 Å². The molecule has 0 aliphatic carbocycles. The van der Waals surface area contributed by atoms with E-state index in [-0.39, 0.29) is 17.9 Å². The average Bonchev–Trinajstić information content (AvgIpc) is 2.26. The lowest BCUT2D eigenvalue weighted by Crippen LogP contribution is -2.51. The van der Waals surface area contributed by atoms with Crippen molar-refractivity contribution >= 4 is 5.91 Å². The standard InChI is InChI=1S/C11H22N2O2/c1-3-8(2)10(12)11(15)13-6-4-5-9(14)7-13/h8-10,14H,3-7,12H2,1-2H3/t8?,9-,10?/m0/s1. The second-order valence-electron chi connectivity index (χ2n) is 4.49. The third-order valence-electron chi connectivity index (χ3n) is 3.25. The molecule has 2 unspecified atom stereocenters. The fraction of sp³-hybridized carbons (Fsp3) is 0.909. The van der Waals surface area contributed by atoms with E-state index in [9.17, 15) is 9.90 Å². The van der Waals surface area contributed by atoms with Crippen molar-refractivity contribution < 1.29 is 9.90 Å². The first kappa shape index (κ1) is 12.5. The largest absolute Gasteiger partial charge is 0.391 e. The molecule has 0 radical (unpaired) electrons. The molecular weight excluding hydrogens is 192 g/mol. The number of amides is 1. The Hall–Kier alpha value is -0.610. The number of hydrogen-bond acceptors (Lipinski definition) is 3. The molecule has 1 fully saturated rings. The molecule has 0 aromatic carbocycles. The van der Waals surface area contributed by atoms with Crippen molar-refractivity contribution in [2.75, 3.05) is 13.1 Å². The van der Waals surface area contributed by atoms with Gasteiger partial charge in [-0.25, -0.2) is 0 Å². The second-order valence-corrected chi connectivity index (χ2v) is 4.49. The summed E-state index contributed by atoms with van der Waals surface area (Å²) >= 11 is 0. The maximum atomic E-state index is 11.9. The van der Waals surface area contributed by atoms with E-state index in [0.717, 1.165) is 25.8 Å². The molecule has 3 atom stereocenters. The van der Waals surface area contributed by atoms with Crippen LogP contribution in [0.4, 0.5) is 0 Å². The van der Waals surface area contributed by atoms with Gasteiger partial charge in [0.25, 0.3) is 0 Å². The summed E-state index contributed by atoms with van der Waals surface area (Å²) in [7, 11) is 0. The van der Waals surface area contributed by atoms with Gasteiger partial charge in [0, 0.05) is 13.1 Å². The lowest BCUT2D eigenvalue weighted by atomic mass is 9.97. The molecule has 0 spiro atoms. The zero-order valence-electron chi connectivity index (χ0n) is 9.65. The van der Waals surface area contributed by atoms with Crippen LogP contribution < -0.4 is 5.73 Å². The van der Waals surface area contributed by atoms with E-state index in [2.05, 4.69) is 0 Å². The SMILES string of the molecule is CCC(C)C(N)C(=O)N1CCC[C@H](O)C1. The van der Waals surface area contributed by atoms with Gasteiger partial charge in [0.1, 0.15) is 0 Å². The summed E-state index contributed by atoms with van der Waals surface area (Å²) in [4.78, 5) is 13.6. The monoisotopic (exact) mass is 214 g/mol. The molecule has 15 heavy (non-hydrogen) atoms. The van der Waals surface area contributed by atoms with Crippen LogP contribution in [-0.2, 0) is 4.79 Å². The molecule has 1 aliphatic rings. The topological polar surface area (TPSA) is 66.6 Å². The number of piperidine rings is 1. The lowest BCUT2D eigenvalue weighted by Gasteiger charge is -2.33. The van der Waals surface area contributed by atoms with E-state index >= 15 is 0 Å². The predicted octanol–water partition coefficient (Wildman–Crippen LogP) is 0.343. The minimum absolute atomic E-state index is 0.0110. The molecule has 4 heteroatoms. The van der Waals surface area contributed by atoms with E-state index in [1.165, 1.54) is 0 Å². The first-order valence-corrected chi connectivity index (χ1v) is 5.78. The molecule has 88 valence electrons. The Morgan fingerprint density at radius 2 is 2.33 bits per heavy atom. The van der Waals surface area contributed by atoms with Crippen molar-refractivity contribution in [2.45, 2.75) is 45.3 Å². The van der Waals surface area contributed by atoms with Crippen LogP contribution in [-0.4, -0.2) is 41.1 Å². The molecule has 3 N–H and O–H groups in total. The van der Waals surface area contributed by atoms with Crippen LogP contribution in [0.5, 0.6) is 0 Å². The smallest absolute Gasteiger partial charge is 0.239 e. The summed E-state index contributed by atoms with van der Waals surface area (Å²) in [6.07, 6.45) is 2.21. The summed E-state index contributed by atoms with van der Waals surface area (Å²) in [6, 6.07) is -0.416. The summed E-state index contributed by atoms with van der Waals surface area (Å²) < 4.78 is 0. The van der Waals surface area contributed by atoms with Gasteiger partial charge in [-0.1, -0.05) is 20.3 Å². The number of nitrogens with two attached hydrogens (primary N) is 1. The van der Waals surface area contributed by atoms with Gasteiger partial charge < -0.3 is 15.7 Å². The summed E-state index contributed by atoms with van der Waals surface area (Å²) in [5.74, 6) is 0.194. The quantitative estimate of drug-likeness (QED) is 0.712. The predicted molar refractivity (Wildman–Crippen MR) is 59.3 cm³/mol. The van der Waals surface area contributed by atoms with E-state index in [1.54, 1.807) is 4.90 Å². The van der Waals surface area contributed by atoms with Gasteiger partial charge in [-0.05, 0) is 18.8 Å². The Bertz CT molecular complexity index is 221. The zero-order chi connectivity index (χ0) is 11.4. The Kier molecular flexibility index (Phi) is 4.54. The molecule has 1 saturated heterocycles. The Balaban J connectivity index is 2.51. The van der Waals surface area contributed by atoms with E-state index in [1.807, 2.05) is 13.8 Å². The van der Waals surface area contributed by atoms with Crippen molar-refractivity contribution in [3.8, 4) is 0 Å². The van der Waals surface area contributed by atoms with Gasteiger partial charge in [0.2, 0.25) is 5.91 Å². The molecule has 0 aromatic heterocycles. The van der Waals surface area contributed by atoms with E-state index in [0.29, 0.717) is 6.54 Å². The number of aliphatic hydroxyl groups excluding tert-OH is 1.